The number of hydrogen-bond donors (Lipinski definition) is 3. The van der Waals surface area contributed by atoms with Crippen molar-refractivity contribution in [2.24, 2.45) is 29.4 Å². The molecule has 2 aliphatic heterocycles. The number of unbranched alkanes of at least 4 members (excludes halogenated alkanes) is 4. The molecule has 6 aliphatic rings. The average molecular weight is 824 g/mol. The van der Waals surface area contributed by atoms with Crippen LogP contribution >= 0.6 is 11.6 Å². The van der Waals surface area contributed by atoms with Gasteiger partial charge in [0.25, 0.3) is 0 Å². The van der Waals surface area contributed by atoms with Crippen molar-refractivity contribution in [1.82, 2.24) is 20.1 Å². The van der Waals surface area contributed by atoms with Crippen molar-refractivity contribution < 1.29 is 43.2 Å². The predicted molar refractivity (Wildman–Crippen MR) is 215 cm³/mol. The molecule has 316 valence electrons. The first-order valence-corrected chi connectivity index (χ1v) is 22.0. The van der Waals surface area contributed by atoms with Gasteiger partial charge in [0.05, 0.1) is 31.2 Å². The first-order chi connectivity index (χ1) is 28.1. The summed E-state index contributed by atoms with van der Waals surface area (Å²) in [6, 6.07) is 3.86. The van der Waals surface area contributed by atoms with Gasteiger partial charge in [-0.15, -0.1) is 0 Å². The molecule has 14 nitrogen and oxygen atoms in total. The summed E-state index contributed by atoms with van der Waals surface area (Å²) >= 11 is 6.97. The monoisotopic (exact) mass is 823 g/mol. The minimum Gasteiger partial charge on any atom is -0.491 e. The van der Waals surface area contributed by atoms with Crippen LogP contribution in [0, 0.1) is 23.7 Å². The van der Waals surface area contributed by atoms with Crippen molar-refractivity contribution in [1.29, 1.82) is 0 Å². The molecule has 6 fully saturated rings. The lowest BCUT2D eigenvalue weighted by atomic mass is 10.0. The number of rotatable bonds is 20. The number of amides is 3. The van der Waals surface area contributed by atoms with E-state index in [1.165, 1.54) is 11.3 Å². The van der Waals surface area contributed by atoms with Crippen LogP contribution in [0.1, 0.15) is 102 Å². The van der Waals surface area contributed by atoms with Crippen molar-refractivity contribution in [3.8, 4) is 11.5 Å². The molecule has 1 unspecified atom stereocenters. The fourth-order valence-corrected chi connectivity index (χ4v) is 9.67. The third-order valence-electron chi connectivity index (χ3n) is 13.2. The van der Waals surface area contributed by atoms with E-state index >= 15 is 0 Å². The van der Waals surface area contributed by atoms with Gasteiger partial charge in [-0.2, -0.15) is 0 Å². The number of aliphatic carboxylic acids is 1. The fourth-order valence-electron chi connectivity index (χ4n) is 9.41. The second-order valence-corrected chi connectivity index (χ2v) is 17.9. The first kappa shape index (κ1) is 40.9. The number of carbonyl (C=O) groups is 4. The smallest absolute Gasteiger partial charge is 0.408 e. The normalized spacial score (nSPS) is 28.2. The number of likely N-dealkylation sites (tertiary alicyclic amines) is 1. The fraction of sp³-hybridized carbons (Fsp3) is 0.698. The Morgan fingerprint density at radius 3 is 2.45 bits per heavy atom. The standard InChI is InChI=1S/C43H58ClN5O9/c44-38-36(56-17-14-48-12-15-55-16-13-48)11-10-31-37(23-34(25-8-9-25)46-39(31)38)57-30-22-35(40(45)50)49(24-30)41(51)33(47-43(54)58-29-19-27-18-28(27)20-29)7-5-3-1-2-4-6-26-21-32(26)42(52)53/h10-11,23,25-30,32-33,35H,1-9,12-22,24H2,(H2,45,50)(H,47,54)(H,52,53)/t26-,27-,28+,29?,30-,32+,33+,35+/m1/s1. The number of alkyl carbamates (subject to hydrolysis) is 1. The number of carbonyl (C=O) groups excluding carboxylic acids is 3. The molecule has 0 radical (unpaired) electrons. The van der Waals surface area contributed by atoms with Gasteiger partial charge < -0.3 is 40.0 Å². The summed E-state index contributed by atoms with van der Waals surface area (Å²) in [7, 11) is 0. The number of nitrogens with one attached hydrogen (secondary N) is 1. The van der Waals surface area contributed by atoms with Gasteiger partial charge in [-0.05, 0) is 81.3 Å². The summed E-state index contributed by atoms with van der Waals surface area (Å²) in [5.74, 6) is 1.11. The topological polar surface area (TPSA) is 183 Å². The molecular weight excluding hydrogens is 766 g/mol. The van der Waals surface area contributed by atoms with E-state index in [4.69, 9.17) is 41.3 Å². The highest BCUT2D eigenvalue weighted by Gasteiger charge is 2.48. The summed E-state index contributed by atoms with van der Waals surface area (Å²) < 4.78 is 24.0. The molecule has 58 heavy (non-hydrogen) atoms. The number of fused-ring (bicyclic) bond motifs is 2. The van der Waals surface area contributed by atoms with Crippen LogP contribution in [0.25, 0.3) is 10.9 Å². The Morgan fingerprint density at radius 2 is 1.72 bits per heavy atom. The molecule has 3 heterocycles. The van der Waals surface area contributed by atoms with Gasteiger partial charge in [0.1, 0.15) is 47.4 Å². The van der Waals surface area contributed by atoms with E-state index in [-0.39, 0.29) is 30.9 Å². The highest BCUT2D eigenvalue weighted by atomic mass is 35.5. The molecule has 4 saturated carbocycles. The molecule has 1 aromatic heterocycles. The molecule has 8 rings (SSSR count). The maximum Gasteiger partial charge on any atom is 0.408 e. The van der Waals surface area contributed by atoms with Gasteiger partial charge in [0, 0.05) is 49.1 Å². The quantitative estimate of drug-likeness (QED) is 0.140. The number of carboxylic acids is 1. The molecule has 4 aliphatic carbocycles. The highest BCUT2D eigenvalue weighted by Crippen LogP contribution is 2.52. The van der Waals surface area contributed by atoms with E-state index in [2.05, 4.69) is 10.2 Å². The lowest BCUT2D eigenvalue weighted by molar-refractivity contribution is -0.139. The van der Waals surface area contributed by atoms with Gasteiger partial charge in [0.15, 0.2) is 0 Å². The number of morpholine rings is 1. The van der Waals surface area contributed by atoms with Crippen LogP contribution < -0.4 is 20.5 Å². The van der Waals surface area contributed by atoms with E-state index in [1.54, 1.807) is 0 Å². The van der Waals surface area contributed by atoms with E-state index in [9.17, 15) is 24.3 Å². The Bertz CT molecular complexity index is 1830. The lowest BCUT2D eigenvalue weighted by Crippen LogP contribution is -2.53. The Morgan fingerprint density at radius 1 is 0.966 bits per heavy atom. The maximum absolute atomic E-state index is 14.4. The third kappa shape index (κ3) is 10.1. The van der Waals surface area contributed by atoms with Gasteiger partial charge >= 0.3 is 12.1 Å². The Kier molecular flexibility index (Phi) is 12.8. The number of benzene rings is 1. The molecular formula is C43H58ClN5O9. The number of carboxylic acid groups (broad SMARTS) is 1. The molecule has 15 heteroatoms. The number of aromatic nitrogens is 1. The summed E-state index contributed by atoms with van der Waals surface area (Å²) in [6.45, 7) is 4.52. The number of primary amides is 1. The van der Waals surface area contributed by atoms with Crippen LogP contribution in [0.2, 0.25) is 5.02 Å². The second kappa shape index (κ2) is 18.2. The maximum atomic E-state index is 14.4. The zero-order valence-electron chi connectivity index (χ0n) is 33.3. The SMILES string of the molecule is NC(=O)[C@@H]1C[C@@H](Oc2cc(C3CC3)nc3c(Cl)c(OCCN4CCOCC4)ccc23)CN1C(=O)[C@H](CCCCCCC[C@@H]1C[C@@H]1C(=O)O)NC(=O)OC1C[C@@H]2C[C@@H]2C1. The zero-order valence-corrected chi connectivity index (χ0v) is 34.0. The Labute approximate surface area is 344 Å². The molecule has 2 saturated heterocycles. The zero-order chi connectivity index (χ0) is 40.3. The largest absolute Gasteiger partial charge is 0.491 e. The number of ether oxygens (including phenoxy) is 4. The molecule has 1 aromatic carbocycles. The van der Waals surface area contributed by atoms with Crippen LogP contribution in [0.5, 0.6) is 11.5 Å². The first-order valence-electron chi connectivity index (χ1n) is 21.6. The third-order valence-corrected chi connectivity index (χ3v) is 13.5. The number of pyridine rings is 1. The van der Waals surface area contributed by atoms with Crippen molar-refractivity contribution in [3.63, 3.8) is 0 Å². The van der Waals surface area contributed by atoms with Gasteiger partial charge in [0.2, 0.25) is 11.8 Å². The molecule has 0 bridgehead atoms. The minimum atomic E-state index is -0.914. The van der Waals surface area contributed by atoms with Crippen molar-refractivity contribution in [3.05, 3.63) is 28.9 Å². The number of hydrogen-bond acceptors (Lipinski definition) is 10. The van der Waals surface area contributed by atoms with E-state index in [1.807, 2.05) is 18.2 Å². The molecule has 2 aromatic rings. The molecule has 0 spiro atoms. The summed E-state index contributed by atoms with van der Waals surface area (Å²) in [4.78, 5) is 60.3. The van der Waals surface area contributed by atoms with E-state index < -0.39 is 36.2 Å². The van der Waals surface area contributed by atoms with Crippen molar-refractivity contribution >= 4 is 46.4 Å². The molecule has 4 N–H and O–H groups in total. The average Bonchev–Trinajstić information content (AvgIpc) is 4.16. The number of halogens is 1. The van der Waals surface area contributed by atoms with E-state index in [0.29, 0.717) is 70.5 Å². The number of nitrogens with two attached hydrogens (primary N) is 1. The lowest BCUT2D eigenvalue weighted by Gasteiger charge is -2.28. The summed E-state index contributed by atoms with van der Waals surface area (Å²) in [5.41, 5.74) is 7.40. The van der Waals surface area contributed by atoms with Crippen LogP contribution in [-0.4, -0.2) is 114 Å². The second-order valence-electron chi connectivity index (χ2n) is 17.5. The van der Waals surface area contributed by atoms with Gasteiger partial charge in [-0.1, -0.05) is 43.7 Å². The highest BCUT2D eigenvalue weighted by molar-refractivity contribution is 6.36. The van der Waals surface area contributed by atoms with Crippen LogP contribution in [0.15, 0.2) is 18.2 Å². The van der Waals surface area contributed by atoms with E-state index in [0.717, 1.165) is 103 Å². The van der Waals surface area contributed by atoms with Crippen molar-refractivity contribution in [2.75, 3.05) is 46.0 Å². The summed E-state index contributed by atoms with van der Waals surface area (Å²) in [5, 5.41) is 13.2. The molecule has 8 atom stereocenters. The predicted octanol–water partition coefficient (Wildman–Crippen LogP) is 5.65. The van der Waals surface area contributed by atoms with Gasteiger partial charge in [-0.3, -0.25) is 24.3 Å². The van der Waals surface area contributed by atoms with Crippen LogP contribution in [0.4, 0.5) is 4.79 Å². The van der Waals surface area contributed by atoms with Gasteiger partial charge in [-0.25, -0.2) is 4.79 Å². The molecule has 3 amide bonds. The number of nitrogens with zero attached hydrogens (tertiary/aromatic N) is 3. The summed E-state index contributed by atoms with van der Waals surface area (Å²) in [6.07, 6.45) is 10.4. The Balaban J connectivity index is 0.919. The van der Waals surface area contributed by atoms with Crippen LogP contribution in [-0.2, 0) is 23.9 Å². The minimum absolute atomic E-state index is 0.114. The Hall–Kier alpha value is -3.88. The van der Waals surface area contributed by atoms with Crippen molar-refractivity contribution in [2.45, 2.75) is 120 Å². The van der Waals surface area contributed by atoms with Crippen LogP contribution in [0.3, 0.4) is 0 Å².